The van der Waals surface area contributed by atoms with Gasteiger partial charge in [0.25, 0.3) is 0 Å². The molecule has 7 heavy (non-hydrogen) atoms. The number of hydrogen-bond acceptors (Lipinski definition) is 4. The predicted molar refractivity (Wildman–Crippen MR) is 15.7 cm³/mol. The molecule has 0 aliphatic heterocycles. The van der Waals surface area contributed by atoms with E-state index in [1.165, 1.54) is 0 Å². The van der Waals surface area contributed by atoms with Crippen LogP contribution in [0.1, 0.15) is 1.43 Å². The van der Waals surface area contributed by atoms with Crippen LogP contribution in [0.3, 0.4) is 0 Å². The standard InChI is InChI=1S/K.H4O4Si.W.H/c;1-5(2,3)4;;/h;1-4H;;/q+1;;;-1. The van der Waals surface area contributed by atoms with E-state index in [4.69, 9.17) is 19.2 Å². The van der Waals surface area contributed by atoms with Gasteiger partial charge in [-0.3, -0.25) is 0 Å². The Morgan fingerprint density at radius 1 is 1.00 bits per heavy atom. The minimum atomic E-state index is -4.61. The van der Waals surface area contributed by atoms with Crippen molar-refractivity contribution in [3.8, 4) is 0 Å². The van der Waals surface area contributed by atoms with Crippen molar-refractivity contribution in [3.05, 3.63) is 0 Å². The van der Waals surface area contributed by atoms with E-state index in [2.05, 4.69) is 0 Å². The van der Waals surface area contributed by atoms with Crippen molar-refractivity contribution < 1.29 is 93.1 Å². The van der Waals surface area contributed by atoms with E-state index in [-0.39, 0.29) is 73.9 Å². The molecule has 0 heterocycles. The van der Waals surface area contributed by atoms with Gasteiger partial charge in [-0.25, -0.2) is 0 Å². The van der Waals surface area contributed by atoms with Crippen molar-refractivity contribution >= 4 is 9.05 Å². The largest absolute Gasteiger partial charge is 1.00 e. The molecule has 0 rings (SSSR count). The van der Waals surface area contributed by atoms with Crippen molar-refractivity contribution in [2.24, 2.45) is 0 Å². The molecule has 4 nitrogen and oxygen atoms in total. The quantitative estimate of drug-likeness (QED) is 0.336. The third kappa shape index (κ3) is 60.2. The number of rotatable bonds is 0. The average Bonchev–Trinajstić information content (AvgIpc) is 0.722. The molecule has 0 bridgehead atoms. The molecule has 0 amide bonds. The average molecular weight is 320 g/mol. The molecule has 0 aromatic heterocycles. The van der Waals surface area contributed by atoms with Crippen molar-refractivity contribution in [2.75, 3.05) is 0 Å². The molecule has 0 saturated carbocycles. The molecular weight excluding hydrogens is 315 g/mol. The summed E-state index contributed by atoms with van der Waals surface area (Å²) in [4.78, 5) is 29.3. The summed E-state index contributed by atoms with van der Waals surface area (Å²) in [6.45, 7) is 0. The van der Waals surface area contributed by atoms with Crippen LogP contribution in [0, 0.1) is 0 Å². The molecule has 0 aliphatic rings. The van der Waals surface area contributed by atoms with Crippen LogP contribution in [0.15, 0.2) is 0 Å². The van der Waals surface area contributed by atoms with Gasteiger partial charge in [-0.1, -0.05) is 0 Å². The van der Waals surface area contributed by atoms with Crippen LogP contribution in [0.25, 0.3) is 0 Å². The monoisotopic (exact) mass is 320 g/mol. The van der Waals surface area contributed by atoms with Gasteiger partial charge in [0.1, 0.15) is 0 Å². The maximum Gasteiger partial charge on any atom is 1.00 e. The van der Waals surface area contributed by atoms with E-state index in [9.17, 15) is 0 Å². The van der Waals surface area contributed by atoms with Crippen LogP contribution in [-0.4, -0.2) is 28.2 Å². The number of hydrogen-bond donors (Lipinski definition) is 4. The molecule has 0 aliphatic carbocycles. The zero-order chi connectivity index (χ0) is 4.50. The Bertz CT molecular complexity index is 31.5. The summed E-state index contributed by atoms with van der Waals surface area (Å²) < 4.78 is 0. The maximum atomic E-state index is 7.33. The van der Waals surface area contributed by atoms with Crippen LogP contribution in [0.4, 0.5) is 0 Å². The normalized spacial score (nSPS) is 8.57. The van der Waals surface area contributed by atoms with Crippen LogP contribution in [-0.2, 0) is 21.1 Å². The fourth-order valence-electron chi connectivity index (χ4n) is 0. The summed E-state index contributed by atoms with van der Waals surface area (Å²) in [5.41, 5.74) is 0. The summed E-state index contributed by atoms with van der Waals surface area (Å²) in [7, 11) is -4.61. The SMILES string of the molecule is O[Si](O)(O)O.[H-].[K+].[W]. The molecule has 0 radical (unpaired) electrons. The zero-order valence-corrected chi connectivity index (χ0v) is 10.8. The molecule has 4 N–H and O–H groups in total. The fourth-order valence-corrected chi connectivity index (χ4v) is 0. The van der Waals surface area contributed by atoms with E-state index in [1.807, 2.05) is 0 Å². The molecule has 0 saturated heterocycles. The molecule has 0 atom stereocenters. The molecule has 0 spiro atoms. The smallest absolute Gasteiger partial charge is 1.00 e. The van der Waals surface area contributed by atoms with Gasteiger partial charge >= 0.3 is 60.4 Å². The Morgan fingerprint density at radius 2 is 1.00 bits per heavy atom. The topological polar surface area (TPSA) is 80.9 Å². The summed E-state index contributed by atoms with van der Waals surface area (Å²) >= 11 is 0. The van der Waals surface area contributed by atoms with Crippen molar-refractivity contribution in [3.63, 3.8) is 0 Å². The van der Waals surface area contributed by atoms with Gasteiger partial charge in [-0.2, -0.15) is 0 Å². The summed E-state index contributed by atoms with van der Waals surface area (Å²) in [6.07, 6.45) is 0. The molecule has 40 valence electrons. The van der Waals surface area contributed by atoms with Gasteiger partial charge in [0.15, 0.2) is 0 Å². The first-order valence-electron chi connectivity index (χ1n) is 0.894. The Morgan fingerprint density at radius 3 is 1.00 bits per heavy atom. The van der Waals surface area contributed by atoms with Gasteiger partial charge in [0.2, 0.25) is 0 Å². The van der Waals surface area contributed by atoms with E-state index in [0.29, 0.717) is 0 Å². The van der Waals surface area contributed by atoms with Gasteiger partial charge in [-0.15, -0.1) is 0 Å². The first-order valence-corrected chi connectivity index (χ1v) is 2.68. The second kappa shape index (κ2) is 6.50. The van der Waals surface area contributed by atoms with Crippen molar-refractivity contribution in [1.29, 1.82) is 0 Å². The van der Waals surface area contributed by atoms with Gasteiger partial charge in [0.05, 0.1) is 0 Å². The Labute approximate surface area is 100 Å². The third-order valence-corrected chi connectivity index (χ3v) is 0. The van der Waals surface area contributed by atoms with E-state index < -0.39 is 9.05 Å². The summed E-state index contributed by atoms with van der Waals surface area (Å²) in [5, 5.41) is 0. The first-order chi connectivity index (χ1) is 2.00. The van der Waals surface area contributed by atoms with E-state index in [0.717, 1.165) is 0 Å². The van der Waals surface area contributed by atoms with Gasteiger partial charge in [0, 0.05) is 21.1 Å². The predicted octanol–water partition coefficient (Wildman–Crippen LogP) is -5.49. The van der Waals surface area contributed by atoms with Crippen LogP contribution >= 0.6 is 0 Å². The Hall–Kier alpha value is 2.38. The Kier molecular flexibility index (Phi) is 15.0. The molecule has 7 heteroatoms. The molecule has 0 aromatic rings. The van der Waals surface area contributed by atoms with Crippen molar-refractivity contribution in [2.45, 2.75) is 0 Å². The second-order valence-electron chi connectivity index (χ2n) is 0.600. The van der Waals surface area contributed by atoms with Crippen LogP contribution in [0.5, 0.6) is 0 Å². The molecular formula is H5KO4SiW. The summed E-state index contributed by atoms with van der Waals surface area (Å²) in [6, 6.07) is 0. The molecule has 0 unspecified atom stereocenters. The summed E-state index contributed by atoms with van der Waals surface area (Å²) in [5.74, 6) is 0. The molecule has 0 aromatic carbocycles. The minimum absolute atomic E-state index is 0. The third-order valence-electron chi connectivity index (χ3n) is 0. The van der Waals surface area contributed by atoms with Gasteiger partial charge in [-0.05, 0) is 0 Å². The van der Waals surface area contributed by atoms with Crippen molar-refractivity contribution in [1.82, 2.24) is 0 Å². The first kappa shape index (κ1) is 16.2. The van der Waals surface area contributed by atoms with Crippen LogP contribution in [0.2, 0.25) is 0 Å². The fraction of sp³-hybridized carbons (Fsp3) is 0. The zero-order valence-electron chi connectivity index (χ0n) is 4.70. The van der Waals surface area contributed by atoms with Gasteiger partial charge < -0.3 is 20.6 Å². The molecule has 0 fully saturated rings. The van der Waals surface area contributed by atoms with Crippen LogP contribution < -0.4 is 51.4 Å². The maximum absolute atomic E-state index is 7.33. The minimum Gasteiger partial charge on any atom is -1.00 e. The Balaban J connectivity index is -0.0000000267. The van der Waals surface area contributed by atoms with E-state index >= 15 is 0 Å². The van der Waals surface area contributed by atoms with E-state index in [1.54, 1.807) is 0 Å². The second-order valence-corrected chi connectivity index (χ2v) is 1.80.